The summed E-state index contributed by atoms with van der Waals surface area (Å²) in [5.74, 6) is 0.0343. The highest BCUT2D eigenvalue weighted by molar-refractivity contribution is 7.09. The first kappa shape index (κ1) is 15.8. The number of carbonyl (C=O) groups excluding carboxylic acids is 1. The van der Waals surface area contributed by atoms with Crippen molar-refractivity contribution in [2.75, 3.05) is 39.4 Å². The van der Waals surface area contributed by atoms with Crippen LogP contribution in [0.15, 0.2) is 34.6 Å². The minimum atomic E-state index is 0.0210. The molecule has 1 atom stereocenters. The number of likely N-dealkylation sites (tertiary alicyclic amines) is 1. The number of furan rings is 1. The van der Waals surface area contributed by atoms with Crippen LogP contribution in [0.1, 0.15) is 21.8 Å². The molecule has 24 heavy (non-hydrogen) atoms. The summed E-state index contributed by atoms with van der Waals surface area (Å²) in [5, 5.41) is 3.16. The van der Waals surface area contributed by atoms with E-state index >= 15 is 0 Å². The first-order valence-electron chi connectivity index (χ1n) is 8.24. The van der Waals surface area contributed by atoms with Gasteiger partial charge in [-0.2, -0.15) is 0 Å². The van der Waals surface area contributed by atoms with E-state index in [1.165, 1.54) is 6.26 Å². The Hall–Kier alpha value is -1.70. The van der Waals surface area contributed by atoms with Crippen LogP contribution >= 0.6 is 11.3 Å². The molecular weight excluding hydrogens is 326 g/mol. The van der Waals surface area contributed by atoms with Crippen molar-refractivity contribution < 1.29 is 13.9 Å². The molecule has 2 fully saturated rings. The molecule has 0 bridgehead atoms. The van der Waals surface area contributed by atoms with E-state index in [1.807, 2.05) is 16.5 Å². The maximum atomic E-state index is 12.7. The van der Waals surface area contributed by atoms with E-state index in [-0.39, 0.29) is 11.3 Å². The molecule has 6 nitrogen and oxygen atoms in total. The topological polar surface area (TPSA) is 58.8 Å². The molecule has 128 valence electrons. The van der Waals surface area contributed by atoms with Gasteiger partial charge in [-0.05, 0) is 19.0 Å². The summed E-state index contributed by atoms with van der Waals surface area (Å²) in [6.45, 7) is 5.55. The fourth-order valence-corrected chi connectivity index (χ4v) is 4.32. The van der Waals surface area contributed by atoms with Gasteiger partial charge in [0.25, 0.3) is 5.91 Å². The lowest BCUT2D eigenvalue weighted by molar-refractivity contribution is 0.0644. The molecule has 1 spiro atoms. The number of nitrogens with zero attached hydrogens (tertiary/aromatic N) is 3. The minimum Gasteiger partial charge on any atom is -0.472 e. The molecule has 0 aromatic carbocycles. The third-order valence-corrected chi connectivity index (χ3v) is 5.62. The molecular formula is C17H21N3O3S. The Morgan fingerprint density at radius 3 is 3.12 bits per heavy atom. The van der Waals surface area contributed by atoms with Crippen molar-refractivity contribution in [3.05, 3.63) is 40.7 Å². The molecule has 7 heteroatoms. The van der Waals surface area contributed by atoms with Gasteiger partial charge in [-0.15, -0.1) is 11.3 Å². The van der Waals surface area contributed by atoms with Crippen molar-refractivity contribution in [3.8, 4) is 0 Å². The number of thiazole rings is 1. The van der Waals surface area contributed by atoms with Gasteiger partial charge in [-0.25, -0.2) is 4.98 Å². The van der Waals surface area contributed by atoms with Crippen LogP contribution in [-0.4, -0.2) is 60.1 Å². The van der Waals surface area contributed by atoms with E-state index in [0.717, 1.165) is 44.2 Å². The largest absolute Gasteiger partial charge is 0.472 e. The Kier molecular flexibility index (Phi) is 4.39. The van der Waals surface area contributed by atoms with Gasteiger partial charge in [0.15, 0.2) is 0 Å². The maximum Gasteiger partial charge on any atom is 0.257 e. The van der Waals surface area contributed by atoms with E-state index in [0.29, 0.717) is 18.7 Å². The Balaban J connectivity index is 1.45. The number of amides is 1. The Morgan fingerprint density at radius 2 is 2.33 bits per heavy atom. The summed E-state index contributed by atoms with van der Waals surface area (Å²) in [6.07, 6.45) is 5.96. The Morgan fingerprint density at radius 1 is 1.38 bits per heavy atom. The van der Waals surface area contributed by atoms with Gasteiger partial charge >= 0.3 is 0 Å². The van der Waals surface area contributed by atoms with Crippen LogP contribution in [0.4, 0.5) is 0 Å². The van der Waals surface area contributed by atoms with Crippen LogP contribution in [-0.2, 0) is 11.3 Å². The number of rotatable bonds is 3. The average molecular weight is 347 g/mol. The maximum absolute atomic E-state index is 12.7. The summed E-state index contributed by atoms with van der Waals surface area (Å²) in [5.41, 5.74) is 0.636. The number of carbonyl (C=O) groups is 1. The van der Waals surface area contributed by atoms with Gasteiger partial charge in [0, 0.05) is 36.6 Å². The highest BCUT2D eigenvalue weighted by Gasteiger charge is 2.42. The lowest BCUT2D eigenvalue weighted by Crippen LogP contribution is -2.43. The lowest BCUT2D eigenvalue weighted by atomic mass is 9.87. The molecule has 2 aliphatic rings. The van der Waals surface area contributed by atoms with Crippen molar-refractivity contribution in [3.63, 3.8) is 0 Å². The fourth-order valence-electron chi connectivity index (χ4n) is 3.67. The predicted molar refractivity (Wildman–Crippen MR) is 89.9 cm³/mol. The second-order valence-electron chi connectivity index (χ2n) is 6.68. The monoisotopic (exact) mass is 347 g/mol. The fraction of sp³-hybridized carbons (Fsp3) is 0.529. The number of hydrogen-bond acceptors (Lipinski definition) is 6. The van der Waals surface area contributed by atoms with E-state index in [4.69, 9.17) is 9.15 Å². The lowest BCUT2D eigenvalue weighted by Gasteiger charge is -2.31. The average Bonchev–Trinajstić information content (AvgIpc) is 3.30. The zero-order valence-corrected chi connectivity index (χ0v) is 14.3. The minimum absolute atomic E-state index is 0.0210. The van der Waals surface area contributed by atoms with Gasteiger partial charge in [-0.1, -0.05) is 0 Å². The van der Waals surface area contributed by atoms with Gasteiger partial charge < -0.3 is 14.1 Å². The zero-order chi connectivity index (χ0) is 16.4. The van der Waals surface area contributed by atoms with Crippen LogP contribution < -0.4 is 0 Å². The Bertz CT molecular complexity index is 673. The second kappa shape index (κ2) is 6.66. The van der Waals surface area contributed by atoms with Crippen LogP contribution in [0, 0.1) is 5.41 Å². The van der Waals surface area contributed by atoms with E-state index in [9.17, 15) is 4.79 Å². The first-order chi connectivity index (χ1) is 11.7. The molecule has 1 amide bonds. The Labute approximate surface area is 145 Å². The molecule has 2 aromatic heterocycles. The van der Waals surface area contributed by atoms with Gasteiger partial charge in [0.05, 0.1) is 31.6 Å². The van der Waals surface area contributed by atoms with Crippen molar-refractivity contribution >= 4 is 17.2 Å². The smallest absolute Gasteiger partial charge is 0.257 e. The number of ether oxygens (including phenoxy) is 1. The molecule has 0 radical (unpaired) electrons. The van der Waals surface area contributed by atoms with Crippen LogP contribution in [0.25, 0.3) is 0 Å². The summed E-state index contributed by atoms with van der Waals surface area (Å²) in [6, 6.07) is 1.73. The van der Waals surface area contributed by atoms with Crippen LogP contribution in [0.3, 0.4) is 0 Å². The summed E-state index contributed by atoms with van der Waals surface area (Å²) in [4.78, 5) is 21.4. The van der Waals surface area contributed by atoms with Crippen LogP contribution in [0.5, 0.6) is 0 Å². The van der Waals surface area contributed by atoms with E-state index in [1.54, 1.807) is 23.7 Å². The third-order valence-electron chi connectivity index (χ3n) is 4.86. The van der Waals surface area contributed by atoms with Crippen molar-refractivity contribution in [1.82, 2.24) is 14.8 Å². The SMILES string of the molecule is O=C(c1ccoc1)N1CCOC[C@]2(CCN(Cc3nccs3)C2)C1. The standard InChI is InChI=1S/C17H21N3O3S/c21-16(14-1-6-22-10-14)20-5-7-23-13-17(12-20)2-4-19(11-17)9-15-18-3-8-24-15/h1,3,6,8,10H,2,4-5,7,9,11-13H2/t17-/m0/s1. The van der Waals surface area contributed by atoms with Gasteiger partial charge in [-0.3, -0.25) is 9.69 Å². The summed E-state index contributed by atoms with van der Waals surface area (Å²) < 4.78 is 10.9. The van der Waals surface area contributed by atoms with Gasteiger partial charge in [0.1, 0.15) is 11.3 Å². The summed E-state index contributed by atoms with van der Waals surface area (Å²) in [7, 11) is 0. The van der Waals surface area contributed by atoms with E-state index < -0.39 is 0 Å². The van der Waals surface area contributed by atoms with Crippen molar-refractivity contribution in [2.45, 2.75) is 13.0 Å². The highest BCUT2D eigenvalue weighted by atomic mass is 32.1. The normalized spacial score (nSPS) is 25.2. The second-order valence-corrected chi connectivity index (χ2v) is 7.66. The predicted octanol–water partition coefficient (Wildman–Crippen LogP) is 2.10. The molecule has 0 aliphatic carbocycles. The molecule has 4 heterocycles. The summed E-state index contributed by atoms with van der Waals surface area (Å²) >= 11 is 1.69. The van der Waals surface area contributed by atoms with Crippen LogP contribution in [0.2, 0.25) is 0 Å². The quantitative estimate of drug-likeness (QED) is 0.851. The molecule has 0 N–H and O–H groups in total. The molecule has 0 unspecified atom stereocenters. The molecule has 4 rings (SSSR count). The van der Waals surface area contributed by atoms with Gasteiger partial charge in [0.2, 0.25) is 0 Å². The van der Waals surface area contributed by atoms with Crippen molar-refractivity contribution in [1.29, 1.82) is 0 Å². The molecule has 0 saturated carbocycles. The highest BCUT2D eigenvalue weighted by Crippen LogP contribution is 2.34. The molecule has 2 saturated heterocycles. The molecule has 2 aromatic rings. The van der Waals surface area contributed by atoms with Crippen molar-refractivity contribution in [2.24, 2.45) is 5.41 Å². The number of hydrogen-bond donors (Lipinski definition) is 0. The first-order valence-corrected chi connectivity index (χ1v) is 9.12. The molecule has 2 aliphatic heterocycles. The van der Waals surface area contributed by atoms with E-state index in [2.05, 4.69) is 9.88 Å². The zero-order valence-electron chi connectivity index (χ0n) is 13.5. The number of aromatic nitrogens is 1. The third kappa shape index (κ3) is 3.24.